The summed E-state index contributed by atoms with van der Waals surface area (Å²) in [5.74, 6) is 0.906. The van der Waals surface area contributed by atoms with Crippen LogP contribution in [0.3, 0.4) is 0 Å². The zero-order valence-electron chi connectivity index (χ0n) is 7.52. The lowest BCUT2D eigenvalue weighted by molar-refractivity contribution is 0.478. The molecule has 0 aliphatic heterocycles. The molecule has 0 saturated carbocycles. The van der Waals surface area contributed by atoms with Crippen LogP contribution in [-0.4, -0.2) is 9.97 Å². The van der Waals surface area contributed by atoms with Gasteiger partial charge in [0.2, 0.25) is 0 Å². The lowest BCUT2D eigenvalue weighted by Crippen LogP contribution is -1.87. The minimum atomic E-state index is 0.453. The summed E-state index contributed by atoms with van der Waals surface area (Å²) >= 11 is 11.8. The predicted molar refractivity (Wildman–Crippen MR) is 58.6 cm³/mol. The normalized spacial score (nSPS) is 10.0. The number of aromatic nitrogens is 2. The third-order valence-electron chi connectivity index (χ3n) is 1.69. The molecule has 0 bridgehead atoms. The van der Waals surface area contributed by atoms with Crippen LogP contribution in [0.1, 0.15) is 0 Å². The summed E-state index contributed by atoms with van der Waals surface area (Å²) in [6.07, 6.45) is 6.21. The molecule has 2 aromatic heterocycles. The number of hydrogen-bond donors (Lipinski definition) is 0. The first-order valence-corrected chi connectivity index (χ1v) is 4.90. The Morgan fingerprint density at radius 2 is 1.33 bits per heavy atom. The van der Waals surface area contributed by atoms with Crippen molar-refractivity contribution in [2.75, 3.05) is 0 Å². The van der Waals surface area contributed by atoms with Crippen molar-refractivity contribution in [2.45, 2.75) is 0 Å². The third kappa shape index (κ3) is 2.37. The maximum Gasteiger partial charge on any atom is 0.164 e. The molecule has 2 aromatic rings. The van der Waals surface area contributed by atoms with E-state index in [1.165, 1.54) is 12.4 Å². The summed E-state index contributed by atoms with van der Waals surface area (Å²) < 4.78 is 5.45. The van der Waals surface area contributed by atoms with Crippen LogP contribution < -0.4 is 4.74 Å². The van der Waals surface area contributed by atoms with Crippen LogP contribution in [0.5, 0.6) is 11.5 Å². The molecule has 0 fully saturated rings. The number of hydrogen-bond acceptors (Lipinski definition) is 3. The van der Waals surface area contributed by atoms with Crippen molar-refractivity contribution >= 4 is 23.2 Å². The molecular formula is C10H6Cl2N2O. The molecule has 15 heavy (non-hydrogen) atoms. The fourth-order valence-corrected chi connectivity index (χ4v) is 1.28. The first-order valence-electron chi connectivity index (χ1n) is 4.14. The van der Waals surface area contributed by atoms with Crippen LogP contribution in [0.4, 0.5) is 0 Å². The molecule has 2 rings (SSSR count). The van der Waals surface area contributed by atoms with Crippen molar-refractivity contribution in [1.82, 2.24) is 9.97 Å². The zero-order valence-corrected chi connectivity index (χ0v) is 9.03. The molecule has 0 aromatic carbocycles. The SMILES string of the molecule is Clc1ccncc1Oc1cnccc1Cl. The lowest BCUT2D eigenvalue weighted by atomic mass is 10.4. The van der Waals surface area contributed by atoms with Gasteiger partial charge >= 0.3 is 0 Å². The quantitative estimate of drug-likeness (QED) is 0.805. The van der Waals surface area contributed by atoms with Crippen molar-refractivity contribution in [1.29, 1.82) is 0 Å². The van der Waals surface area contributed by atoms with Gasteiger partial charge in [0, 0.05) is 12.4 Å². The summed E-state index contributed by atoms with van der Waals surface area (Å²) in [7, 11) is 0. The molecule has 0 radical (unpaired) electrons. The molecule has 0 amide bonds. The molecule has 3 nitrogen and oxygen atoms in total. The van der Waals surface area contributed by atoms with Crippen molar-refractivity contribution in [3.63, 3.8) is 0 Å². The van der Waals surface area contributed by atoms with Gasteiger partial charge < -0.3 is 4.74 Å². The molecule has 2 heterocycles. The molecule has 0 aliphatic rings. The number of pyridine rings is 2. The smallest absolute Gasteiger partial charge is 0.164 e. The minimum Gasteiger partial charge on any atom is -0.451 e. The van der Waals surface area contributed by atoms with E-state index in [0.29, 0.717) is 21.5 Å². The average Bonchev–Trinajstić information content (AvgIpc) is 2.24. The molecule has 0 aliphatic carbocycles. The van der Waals surface area contributed by atoms with Gasteiger partial charge in [0.1, 0.15) is 0 Å². The van der Waals surface area contributed by atoms with Gasteiger partial charge in [0.25, 0.3) is 0 Å². The van der Waals surface area contributed by atoms with Gasteiger partial charge in [-0.2, -0.15) is 0 Å². The summed E-state index contributed by atoms with van der Waals surface area (Å²) in [6, 6.07) is 3.28. The Bertz CT molecular complexity index is 433. The maximum absolute atomic E-state index is 5.90. The summed E-state index contributed by atoms with van der Waals surface area (Å²) in [4.78, 5) is 7.80. The maximum atomic E-state index is 5.90. The Morgan fingerprint density at radius 1 is 0.867 bits per heavy atom. The molecular weight excluding hydrogens is 235 g/mol. The van der Waals surface area contributed by atoms with Gasteiger partial charge in [-0.25, -0.2) is 0 Å². The van der Waals surface area contributed by atoms with E-state index >= 15 is 0 Å². The second-order valence-corrected chi connectivity index (χ2v) is 3.53. The van der Waals surface area contributed by atoms with Gasteiger partial charge in [0.05, 0.1) is 22.4 Å². The van der Waals surface area contributed by atoms with E-state index < -0.39 is 0 Å². The Kier molecular flexibility index (Phi) is 3.04. The fraction of sp³-hybridized carbons (Fsp3) is 0. The highest BCUT2D eigenvalue weighted by molar-refractivity contribution is 6.32. The Morgan fingerprint density at radius 3 is 1.73 bits per heavy atom. The zero-order chi connectivity index (χ0) is 10.7. The number of halogens is 2. The Balaban J connectivity index is 2.30. The van der Waals surface area contributed by atoms with E-state index in [0.717, 1.165) is 0 Å². The van der Waals surface area contributed by atoms with Crippen LogP contribution in [0.25, 0.3) is 0 Å². The van der Waals surface area contributed by atoms with Gasteiger partial charge in [-0.1, -0.05) is 23.2 Å². The summed E-state index contributed by atoms with van der Waals surface area (Å²) in [5, 5.41) is 0.954. The fourth-order valence-electron chi connectivity index (χ4n) is 0.995. The highest BCUT2D eigenvalue weighted by atomic mass is 35.5. The average molecular weight is 241 g/mol. The molecule has 76 valence electrons. The number of rotatable bonds is 2. The first-order chi connectivity index (χ1) is 7.27. The van der Waals surface area contributed by atoms with Crippen molar-refractivity contribution in [2.24, 2.45) is 0 Å². The summed E-state index contributed by atoms with van der Waals surface area (Å²) in [6.45, 7) is 0. The Labute approximate surface area is 96.6 Å². The Hall–Kier alpha value is -1.32. The molecule has 0 unspecified atom stereocenters. The third-order valence-corrected chi connectivity index (χ3v) is 2.31. The molecule has 0 spiro atoms. The molecule has 0 saturated heterocycles. The molecule has 0 N–H and O–H groups in total. The predicted octanol–water partition coefficient (Wildman–Crippen LogP) is 3.58. The topological polar surface area (TPSA) is 35.0 Å². The monoisotopic (exact) mass is 240 g/mol. The van der Waals surface area contributed by atoms with Crippen molar-refractivity contribution < 1.29 is 4.74 Å². The highest BCUT2D eigenvalue weighted by Gasteiger charge is 2.05. The van der Waals surface area contributed by atoms with Gasteiger partial charge in [-0.3, -0.25) is 9.97 Å². The number of nitrogens with zero attached hydrogens (tertiary/aromatic N) is 2. The lowest BCUT2D eigenvalue weighted by Gasteiger charge is -2.07. The van der Waals surface area contributed by atoms with Crippen LogP contribution in [0, 0.1) is 0 Å². The van der Waals surface area contributed by atoms with Crippen molar-refractivity contribution in [3.05, 3.63) is 47.0 Å². The molecule has 0 atom stereocenters. The van der Waals surface area contributed by atoms with Gasteiger partial charge in [0.15, 0.2) is 11.5 Å². The second kappa shape index (κ2) is 4.47. The van der Waals surface area contributed by atoms with E-state index in [9.17, 15) is 0 Å². The van der Waals surface area contributed by atoms with E-state index in [1.807, 2.05) is 0 Å². The van der Waals surface area contributed by atoms with E-state index in [1.54, 1.807) is 24.5 Å². The minimum absolute atomic E-state index is 0.453. The van der Waals surface area contributed by atoms with Crippen LogP contribution >= 0.6 is 23.2 Å². The largest absolute Gasteiger partial charge is 0.451 e. The highest BCUT2D eigenvalue weighted by Crippen LogP contribution is 2.31. The first kappa shape index (κ1) is 10.2. The van der Waals surface area contributed by atoms with Crippen LogP contribution in [0.15, 0.2) is 36.9 Å². The van der Waals surface area contributed by atoms with E-state index in [-0.39, 0.29) is 0 Å². The number of ether oxygens (including phenoxy) is 1. The van der Waals surface area contributed by atoms with E-state index in [4.69, 9.17) is 27.9 Å². The summed E-state index contributed by atoms with van der Waals surface area (Å²) in [5.41, 5.74) is 0. The molecule has 5 heteroatoms. The van der Waals surface area contributed by atoms with Crippen LogP contribution in [-0.2, 0) is 0 Å². The van der Waals surface area contributed by atoms with Gasteiger partial charge in [-0.15, -0.1) is 0 Å². The van der Waals surface area contributed by atoms with E-state index in [2.05, 4.69) is 9.97 Å². The second-order valence-electron chi connectivity index (χ2n) is 2.71. The standard InChI is InChI=1S/C10H6Cl2N2O/c11-7-1-3-13-5-9(7)15-10-6-14-4-2-8(10)12/h1-6H. The van der Waals surface area contributed by atoms with Gasteiger partial charge in [-0.05, 0) is 12.1 Å². The van der Waals surface area contributed by atoms with Crippen molar-refractivity contribution in [3.8, 4) is 11.5 Å². The van der Waals surface area contributed by atoms with Crippen LogP contribution in [0.2, 0.25) is 10.0 Å².